The Balaban J connectivity index is 2.11. The van der Waals surface area contributed by atoms with Crippen LogP contribution in [0.2, 0.25) is 0 Å². The summed E-state index contributed by atoms with van der Waals surface area (Å²) in [6.45, 7) is 1.29. The first-order valence-electron chi connectivity index (χ1n) is 4.69. The highest BCUT2D eigenvalue weighted by atomic mass is 32.1. The molecule has 1 aromatic heterocycles. The lowest BCUT2D eigenvalue weighted by Gasteiger charge is -2.34. The third-order valence-corrected chi connectivity index (χ3v) is 3.31. The zero-order chi connectivity index (χ0) is 9.10. The van der Waals surface area contributed by atoms with Crippen molar-refractivity contribution in [2.24, 2.45) is 0 Å². The molecule has 4 heteroatoms. The maximum absolute atomic E-state index is 9.20. The molecule has 2 heterocycles. The molecule has 1 atom stereocenters. The molecule has 1 saturated heterocycles. The second kappa shape index (κ2) is 4.07. The number of aliphatic hydroxyl groups is 1. The fourth-order valence-electron chi connectivity index (χ4n) is 1.80. The average molecular weight is 198 g/mol. The normalized spacial score (nSPS) is 23.5. The molecule has 1 aliphatic rings. The van der Waals surface area contributed by atoms with Gasteiger partial charge in [-0.15, -0.1) is 11.3 Å². The summed E-state index contributed by atoms with van der Waals surface area (Å²) in [6, 6.07) is 0.292. The Kier molecular flexibility index (Phi) is 2.80. The maximum atomic E-state index is 9.20. The van der Waals surface area contributed by atoms with E-state index in [1.807, 2.05) is 11.6 Å². The topological polar surface area (TPSA) is 36.4 Å². The Bertz CT molecular complexity index is 250. The van der Waals surface area contributed by atoms with Gasteiger partial charge in [-0.3, -0.25) is 0 Å². The van der Waals surface area contributed by atoms with Gasteiger partial charge >= 0.3 is 0 Å². The van der Waals surface area contributed by atoms with Gasteiger partial charge in [-0.2, -0.15) is 0 Å². The lowest BCUT2D eigenvalue weighted by Crippen LogP contribution is -2.41. The Morgan fingerprint density at radius 2 is 2.54 bits per heavy atom. The first-order valence-corrected chi connectivity index (χ1v) is 5.57. The molecule has 1 aromatic rings. The molecule has 0 bridgehead atoms. The Morgan fingerprint density at radius 3 is 3.23 bits per heavy atom. The number of aliphatic hydroxyl groups excluding tert-OH is 1. The van der Waals surface area contributed by atoms with Crippen molar-refractivity contribution in [3.05, 3.63) is 11.6 Å². The number of rotatable bonds is 2. The van der Waals surface area contributed by atoms with Gasteiger partial charge in [0.2, 0.25) is 0 Å². The van der Waals surface area contributed by atoms with E-state index in [1.54, 1.807) is 11.3 Å². The van der Waals surface area contributed by atoms with Crippen molar-refractivity contribution in [2.45, 2.75) is 25.3 Å². The standard InChI is InChI=1S/C9H14N2OS/c12-7-8-3-1-2-5-11(8)9-10-4-6-13-9/h4,6,8,12H,1-3,5,7H2/t8-/m0/s1. The fourth-order valence-corrected chi connectivity index (χ4v) is 2.54. The van der Waals surface area contributed by atoms with Crippen molar-refractivity contribution in [3.63, 3.8) is 0 Å². The summed E-state index contributed by atoms with van der Waals surface area (Å²) in [5.41, 5.74) is 0. The third kappa shape index (κ3) is 1.84. The number of hydrogen-bond acceptors (Lipinski definition) is 4. The van der Waals surface area contributed by atoms with Crippen LogP contribution in [0.15, 0.2) is 11.6 Å². The number of nitrogens with zero attached hydrogens (tertiary/aromatic N) is 2. The number of anilines is 1. The Morgan fingerprint density at radius 1 is 1.62 bits per heavy atom. The Labute approximate surface area is 82.0 Å². The van der Waals surface area contributed by atoms with Crippen LogP contribution >= 0.6 is 11.3 Å². The summed E-state index contributed by atoms with van der Waals surface area (Å²) in [5, 5.41) is 12.2. The van der Waals surface area contributed by atoms with E-state index in [0.29, 0.717) is 6.04 Å². The minimum Gasteiger partial charge on any atom is -0.394 e. The predicted octanol–water partition coefficient (Wildman–Crippen LogP) is 1.49. The van der Waals surface area contributed by atoms with E-state index in [1.165, 1.54) is 12.8 Å². The molecular formula is C9H14N2OS. The van der Waals surface area contributed by atoms with E-state index < -0.39 is 0 Å². The van der Waals surface area contributed by atoms with Gasteiger partial charge < -0.3 is 10.0 Å². The molecule has 1 fully saturated rings. The lowest BCUT2D eigenvalue weighted by atomic mass is 10.0. The summed E-state index contributed by atoms with van der Waals surface area (Å²) in [7, 11) is 0. The van der Waals surface area contributed by atoms with Crippen LogP contribution in [0.3, 0.4) is 0 Å². The zero-order valence-electron chi connectivity index (χ0n) is 7.52. The predicted molar refractivity (Wildman–Crippen MR) is 54.2 cm³/mol. The molecule has 2 rings (SSSR count). The highest BCUT2D eigenvalue weighted by Gasteiger charge is 2.22. The van der Waals surface area contributed by atoms with Crippen LogP contribution < -0.4 is 4.90 Å². The van der Waals surface area contributed by atoms with Gasteiger partial charge in [0.1, 0.15) is 0 Å². The fraction of sp³-hybridized carbons (Fsp3) is 0.667. The zero-order valence-corrected chi connectivity index (χ0v) is 8.33. The van der Waals surface area contributed by atoms with Crippen molar-refractivity contribution in [3.8, 4) is 0 Å². The van der Waals surface area contributed by atoms with Gasteiger partial charge in [-0.25, -0.2) is 4.98 Å². The Hall–Kier alpha value is -0.610. The third-order valence-electron chi connectivity index (χ3n) is 2.50. The molecule has 0 saturated carbocycles. The van der Waals surface area contributed by atoms with E-state index in [0.717, 1.165) is 18.1 Å². The van der Waals surface area contributed by atoms with Crippen LogP contribution in [0.5, 0.6) is 0 Å². The maximum Gasteiger partial charge on any atom is 0.185 e. The van der Waals surface area contributed by atoms with Gasteiger partial charge in [0.15, 0.2) is 5.13 Å². The van der Waals surface area contributed by atoms with Crippen LogP contribution in [-0.2, 0) is 0 Å². The molecule has 0 radical (unpaired) electrons. The summed E-state index contributed by atoms with van der Waals surface area (Å²) in [4.78, 5) is 6.50. The van der Waals surface area contributed by atoms with E-state index in [-0.39, 0.29) is 6.61 Å². The summed E-state index contributed by atoms with van der Waals surface area (Å²) >= 11 is 1.65. The van der Waals surface area contributed by atoms with Gasteiger partial charge in [0.25, 0.3) is 0 Å². The molecule has 0 unspecified atom stereocenters. The second-order valence-corrected chi connectivity index (χ2v) is 4.21. The van der Waals surface area contributed by atoms with Crippen molar-refractivity contribution >= 4 is 16.5 Å². The van der Waals surface area contributed by atoms with Crippen LogP contribution in [0.1, 0.15) is 19.3 Å². The molecule has 1 aliphatic heterocycles. The summed E-state index contributed by atoms with van der Waals surface area (Å²) in [6.07, 6.45) is 5.36. The largest absolute Gasteiger partial charge is 0.394 e. The second-order valence-electron chi connectivity index (χ2n) is 3.34. The van der Waals surface area contributed by atoms with Crippen LogP contribution in [0.4, 0.5) is 5.13 Å². The summed E-state index contributed by atoms with van der Waals surface area (Å²) < 4.78 is 0. The van der Waals surface area contributed by atoms with Gasteiger partial charge in [-0.05, 0) is 19.3 Å². The van der Waals surface area contributed by atoms with E-state index in [9.17, 15) is 5.11 Å². The molecule has 0 amide bonds. The number of piperidine rings is 1. The van der Waals surface area contributed by atoms with Crippen LogP contribution in [0, 0.1) is 0 Å². The first kappa shape index (κ1) is 8.97. The highest BCUT2D eigenvalue weighted by molar-refractivity contribution is 7.13. The highest BCUT2D eigenvalue weighted by Crippen LogP contribution is 2.25. The molecule has 0 aromatic carbocycles. The number of thiazole rings is 1. The average Bonchev–Trinajstić information content (AvgIpc) is 2.70. The lowest BCUT2D eigenvalue weighted by molar-refractivity contribution is 0.240. The SMILES string of the molecule is OC[C@@H]1CCCCN1c1nccs1. The molecule has 1 N–H and O–H groups in total. The molecule has 3 nitrogen and oxygen atoms in total. The minimum absolute atomic E-state index is 0.250. The van der Waals surface area contributed by atoms with Crippen molar-refractivity contribution in [1.82, 2.24) is 4.98 Å². The van der Waals surface area contributed by atoms with Crippen LogP contribution in [0.25, 0.3) is 0 Å². The van der Waals surface area contributed by atoms with Crippen molar-refractivity contribution in [1.29, 1.82) is 0 Å². The smallest absolute Gasteiger partial charge is 0.185 e. The number of aromatic nitrogens is 1. The van der Waals surface area contributed by atoms with Gasteiger partial charge in [0, 0.05) is 18.1 Å². The monoisotopic (exact) mass is 198 g/mol. The van der Waals surface area contributed by atoms with E-state index in [4.69, 9.17) is 0 Å². The molecule has 13 heavy (non-hydrogen) atoms. The first-order chi connectivity index (χ1) is 6.42. The molecule has 0 spiro atoms. The minimum atomic E-state index is 0.250. The van der Waals surface area contributed by atoms with Gasteiger partial charge in [-0.1, -0.05) is 0 Å². The van der Waals surface area contributed by atoms with Crippen molar-refractivity contribution < 1.29 is 5.11 Å². The summed E-state index contributed by atoms with van der Waals surface area (Å²) in [5.74, 6) is 0. The quantitative estimate of drug-likeness (QED) is 0.782. The van der Waals surface area contributed by atoms with E-state index >= 15 is 0 Å². The van der Waals surface area contributed by atoms with Crippen molar-refractivity contribution in [2.75, 3.05) is 18.1 Å². The van der Waals surface area contributed by atoms with Gasteiger partial charge in [0.05, 0.1) is 12.6 Å². The molecule has 72 valence electrons. The molecular weight excluding hydrogens is 184 g/mol. The molecule has 0 aliphatic carbocycles. The number of hydrogen-bond donors (Lipinski definition) is 1. The van der Waals surface area contributed by atoms with E-state index in [2.05, 4.69) is 9.88 Å². The van der Waals surface area contributed by atoms with Crippen LogP contribution in [-0.4, -0.2) is 29.3 Å².